The average Bonchev–Trinajstić information content (AvgIpc) is 3.25. The van der Waals surface area contributed by atoms with Crippen molar-refractivity contribution in [3.63, 3.8) is 0 Å². The Balaban J connectivity index is 1.46. The summed E-state index contributed by atoms with van der Waals surface area (Å²) in [7, 11) is 0. The van der Waals surface area contributed by atoms with Crippen LogP contribution in [-0.4, -0.2) is 36.1 Å². The maximum Gasteiger partial charge on any atom is 0.255 e. The number of ether oxygens (including phenoxy) is 1. The molecule has 3 aliphatic heterocycles. The van der Waals surface area contributed by atoms with E-state index in [1.54, 1.807) is 11.3 Å². The Kier molecular flexibility index (Phi) is 2.38. The van der Waals surface area contributed by atoms with Crippen LogP contribution in [0, 0.1) is 11.8 Å². The zero-order valence-corrected chi connectivity index (χ0v) is 12.3. The molecule has 3 nitrogen and oxygen atoms in total. The minimum atomic E-state index is 0.182. The van der Waals surface area contributed by atoms with Crippen LogP contribution in [0.1, 0.15) is 10.4 Å². The third-order valence-corrected chi connectivity index (χ3v) is 6.02. The molecule has 106 valence electrons. The minimum Gasteiger partial charge on any atom is -0.366 e. The molecule has 1 amide bonds. The van der Waals surface area contributed by atoms with E-state index in [-0.39, 0.29) is 18.1 Å². The molecule has 3 aliphatic rings. The van der Waals surface area contributed by atoms with Gasteiger partial charge in [-0.1, -0.05) is 30.4 Å². The van der Waals surface area contributed by atoms with Crippen molar-refractivity contribution in [1.29, 1.82) is 0 Å². The highest BCUT2D eigenvalue weighted by molar-refractivity contribution is 7.17. The summed E-state index contributed by atoms with van der Waals surface area (Å²) in [4.78, 5) is 14.9. The van der Waals surface area contributed by atoms with Gasteiger partial charge in [-0.05, 0) is 6.07 Å². The lowest BCUT2D eigenvalue weighted by molar-refractivity contribution is 0.0657. The molecule has 1 aromatic heterocycles. The molecule has 5 rings (SSSR count). The second kappa shape index (κ2) is 4.18. The van der Waals surface area contributed by atoms with Gasteiger partial charge in [0.2, 0.25) is 0 Å². The van der Waals surface area contributed by atoms with Crippen molar-refractivity contribution in [3.05, 3.63) is 47.4 Å². The number of benzene rings is 1. The van der Waals surface area contributed by atoms with E-state index in [4.69, 9.17) is 4.74 Å². The van der Waals surface area contributed by atoms with Crippen LogP contribution in [0.4, 0.5) is 0 Å². The Labute approximate surface area is 126 Å². The maximum atomic E-state index is 12.9. The molecule has 21 heavy (non-hydrogen) atoms. The van der Waals surface area contributed by atoms with Crippen LogP contribution in [0.25, 0.3) is 10.1 Å². The van der Waals surface area contributed by atoms with Crippen LogP contribution < -0.4 is 0 Å². The molecule has 4 atom stereocenters. The number of hydrogen-bond donors (Lipinski definition) is 0. The lowest BCUT2D eigenvalue weighted by atomic mass is 9.86. The molecule has 0 unspecified atom stereocenters. The summed E-state index contributed by atoms with van der Waals surface area (Å²) >= 11 is 1.65. The van der Waals surface area contributed by atoms with Gasteiger partial charge in [0.05, 0.1) is 17.8 Å². The fourth-order valence-electron chi connectivity index (χ4n) is 4.01. The molecule has 0 aliphatic carbocycles. The molecule has 0 saturated carbocycles. The topological polar surface area (TPSA) is 29.5 Å². The second-order valence-corrected chi connectivity index (χ2v) is 7.04. The summed E-state index contributed by atoms with van der Waals surface area (Å²) in [6, 6.07) is 8.15. The molecular weight excluding hydrogens is 282 g/mol. The van der Waals surface area contributed by atoms with Crippen LogP contribution in [-0.2, 0) is 4.74 Å². The largest absolute Gasteiger partial charge is 0.366 e. The molecule has 2 saturated heterocycles. The summed E-state index contributed by atoms with van der Waals surface area (Å²) in [5, 5.41) is 3.09. The van der Waals surface area contributed by atoms with Gasteiger partial charge >= 0.3 is 0 Å². The van der Waals surface area contributed by atoms with E-state index >= 15 is 0 Å². The zero-order chi connectivity index (χ0) is 14.0. The quantitative estimate of drug-likeness (QED) is 0.757. The van der Waals surface area contributed by atoms with Crippen molar-refractivity contribution in [2.24, 2.45) is 11.8 Å². The fraction of sp³-hybridized carbons (Fsp3) is 0.353. The molecule has 4 heteroatoms. The van der Waals surface area contributed by atoms with Gasteiger partial charge in [-0.15, -0.1) is 11.3 Å². The predicted octanol–water partition coefficient (Wildman–Crippen LogP) is 2.93. The molecule has 1 aromatic carbocycles. The molecule has 0 radical (unpaired) electrons. The number of nitrogens with zero attached hydrogens (tertiary/aromatic N) is 1. The zero-order valence-electron chi connectivity index (χ0n) is 11.4. The standard InChI is InChI=1S/C17H15NO2S/c19-17(13-9-21-16-4-2-1-3-10(13)16)18-7-11-12(8-18)15-6-5-14(11)20-15/h1-6,9,11-12,14-15H,7-8H2/t11-,12-,14-,15-/m1/s1. The van der Waals surface area contributed by atoms with Gasteiger partial charge in [-0.3, -0.25) is 4.79 Å². The van der Waals surface area contributed by atoms with Crippen molar-refractivity contribution < 1.29 is 9.53 Å². The molecule has 0 spiro atoms. The molecular formula is C17H15NO2S. The molecule has 2 bridgehead atoms. The van der Waals surface area contributed by atoms with Gasteiger partial charge in [0, 0.05) is 40.4 Å². The number of hydrogen-bond acceptors (Lipinski definition) is 3. The molecule has 2 aromatic rings. The van der Waals surface area contributed by atoms with E-state index in [1.165, 1.54) is 4.70 Å². The highest BCUT2D eigenvalue weighted by Crippen LogP contribution is 2.44. The predicted molar refractivity (Wildman–Crippen MR) is 82.5 cm³/mol. The van der Waals surface area contributed by atoms with E-state index in [0.717, 1.165) is 24.0 Å². The van der Waals surface area contributed by atoms with Crippen molar-refractivity contribution in [1.82, 2.24) is 4.90 Å². The van der Waals surface area contributed by atoms with E-state index in [0.29, 0.717) is 11.8 Å². The van der Waals surface area contributed by atoms with Crippen molar-refractivity contribution in [2.75, 3.05) is 13.1 Å². The Morgan fingerprint density at radius 1 is 1.14 bits per heavy atom. The smallest absolute Gasteiger partial charge is 0.255 e. The number of carbonyl (C=O) groups excluding carboxylic acids is 1. The van der Waals surface area contributed by atoms with Crippen LogP contribution >= 0.6 is 11.3 Å². The number of carbonyl (C=O) groups is 1. The summed E-state index contributed by atoms with van der Waals surface area (Å²) in [6.07, 6.45) is 4.80. The average molecular weight is 297 g/mol. The van der Waals surface area contributed by atoms with Gasteiger partial charge in [0.15, 0.2) is 0 Å². The normalized spacial score (nSPS) is 33.0. The van der Waals surface area contributed by atoms with Gasteiger partial charge in [0.1, 0.15) is 0 Å². The van der Waals surface area contributed by atoms with Gasteiger partial charge in [-0.2, -0.15) is 0 Å². The maximum absolute atomic E-state index is 12.9. The molecule has 4 heterocycles. The first-order valence-electron chi connectivity index (χ1n) is 7.40. The highest BCUT2D eigenvalue weighted by Gasteiger charge is 2.51. The van der Waals surface area contributed by atoms with Gasteiger partial charge in [0.25, 0.3) is 5.91 Å². The summed E-state index contributed by atoms with van der Waals surface area (Å²) in [6.45, 7) is 1.67. The summed E-state index contributed by atoms with van der Waals surface area (Å²) < 4.78 is 7.07. The third kappa shape index (κ3) is 1.60. The number of thiophene rings is 1. The summed E-state index contributed by atoms with van der Waals surface area (Å²) in [5.74, 6) is 1.17. The second-order valence-electron chi connectivity index (χ2n) is 6.13. The SMILES string of the molecule is O=C(c1csc2ccccc12)N1C[C@@H]2[C@@H](C1)[C@H]1C=C[C@H]2O1. The number of likely N-dealkylation sites (tertiary alicyclic amines) is 1. The molecule has 0 N–H and O–H groups in total. The van der Waals surface area contributed by atoms with Crippen LogP contribution in [0.15, 0.2) is 41.8 Å². The Bertz CT molecular complexity index is 745. The van der Waals surface area contributed by atoms with E-state index in [2.05, 4.69) is 18.2 Å². The first kappa shape index (κ1) is 12.0. The fourth-order valence-corrected chi connectivity index (χ4v) is 4.94. The van der Waals surface area contributed by atoms with Gasteiger partial charge < -0.3 is 9.64 Å². The van der Waals surface area contributed by atoms with Crippen LogP contribution in [0.2, 0.25) is 0 Å². The Morgan fingerprint density at radius 2 is 1.86 bits per heavy atom. The molecule has 2 fully saturated rings. The number of amides is 1. The first-order valence-corrected chi connectivity index (χ1v) is 8.28. The number of fused-ring (bicyclic) bond motifs is 6. The monoisotopic (exact) mass is 297 g/mol. The third-order valence-electron chi connectivity index (χ3n) is 5.06. The van der Waals surface area contributed by atoms with Gasteiger partial charge in [-0.25, -0.2) is 0 Å². The van der Waals surface area contributed by atoms with Crippen molar-refractivity contribution in [2.45, 2.75) is 12.2 Å². The Hall–Kier alpha value is -1.65. The van der Waals surface area contributed by atoms with E-state index in [1.807, 2.05) is 28.5 Å². The van der Waals surface area contributed by atoms with Crippen molar-refractivity contribution >= 4 is 27.3 Å². The van der Waals surface area contributed by atoms with Crippen LogP contribution in [0.3, 0.4) is 0 Å². The van der Waals surface area contributed by atoms with E-state index < -0.39 is 0 Å². The van der Waals surface area contributed by atoms with Crippen LogP contribution in [0.5, 0.6) is 0 Å². The minimum absolute atomic E-state index is 0.182. The van der Waals surface area contributed by atoms with Crippen molar-refractivity contribution in [3.8, 4) is 0 Å². The number of rotatable bonds is 1. The first-order chi connectivity index (χ1) is 10.3. The Morgan fingerprint density at radius 3 is 2.62 bits per heavy atom. The lowest BCUT2D eigenvalue weighted by Gasteiger charge is -2.18. The van der Waals surface area contributed by atoms with E-state index in [9.17, 15) is 4.79 Å². The lowest BCUT2D eigenvalue weighted by Crippen LogP contribution is -2.31. The summed E-state index contributed by atoms with van der Waals surface area (Å²) in [5.41, 5.74) is 0.858. The highest BCUT2D eigenvalue weighted by atomic mass is 32.1.